The van der Waals surface area contributed by atoms with Gasteiger partial charge in [-0.2, -0.15) is 5.10 Å². The SMILES string of the molecule is CN1CCC[C@@H](CNC(=O)c2cnn3cc(CCO)cnc23)C1. The summed E-state index contributed by atoms with van der Waals surface area (Å²) in [5.41, 5.74) is 1.93. The lowest BCUT2D eigenvalue weighted by atomic mass is 9.98. The third-order valence-corrected chi connectivity index (χ3v) is 4.33. The van der Waals surface area contributed by atoms with Crippen LogP contribution in [0.5, 0.6) is 0 Å². The van der Waals surface area contributed by atoms with E-state index in [1.54, 1.807) is 23.1 Å². The van der Waals surface area contributed by atoms with E-state index < -0.39 is 0 Å². The number of aliphatic hydroxyl groups excluding tert-OH is 1. The van der Waals surface area contributed by atoms with E-state index in [9.17, 15) is 4.79 Å². The van der Waals surface area contributed by atoms with Crippen LogP contribution >= 0.6 is 0 Å². The van der Waals surface area contributed by atoms with Gasteiger partial charge >= 0.3 is 0 Å². The molecule has 0 radical (unpaired) electrons. The number of hydrogen-bond donors (Lipinski definition) is 2. The van der Waals surface area contributed by atoms with Crippen LogP contribution in [0.1, 0.15) is 28.8 Å². The fraction of sp³-hybridized carbons (Fsp3) is 0.562. The minimum atomic E-state index is -0.129. The Morgan fingerprint density at radius 1 is 1.48 bits per heavy atom. The van der Waals surface area contributed by atoms with Gasteiger partial charge in [-0.3, -0.25) is 4.79 Å². The number of aromatic nitrogens is 3. The lowest BCUT2D eigenvalue weighted by Crippen LogP contribution is -2.39. The van der Waals surface area contributed by atoms with E-state index in [1.165, 1.54) is 6.42 Å². The summed E-state index contributed by atoms with van der Waals surface area (Å²) in [7, 11) is 2.12. The molecule has 1 saturated heterocycles. The van der Waals surface area contributed by atoms with Gasteiger partial charge in [-0.15, -0.1) is 0 Å². The molecule has 2 aromatic heterocycles. The van der Waals surface area contributed by atoms with Crippen molar-refractivity contribution in [3.8, 4) is 0 Å². The minimum Gasteiger partial charge on any atom is -0.396 e. The smallest absolute Gasteiger partial charge is 0.256 e. The highest BCUT2D eigenvalue weighted by Gasteiger charge is 2.19. The zero-order chi connectivity index (χ0) is 16.2. The predicted molar refractivity (Wildman–Crippen MR) is 86.3 cm³/mol. The van der Waals surface area contributed by atoms with Crippen molar-refractivity contribution in [2.75, 3.05) is 33.3 Å². The Balaban J connectivity index is 1.66. The number of aliphatic hydroxyl groups is 1. The van der Waals surface area contributed by atoms with Crippen LogP contribution in [0.15, 0.2) is 18.6 Å². The van der Waals surface area contributed by atoms with Crippen LogP contribution in [0.3, 0.4) is 0 Å². The Kier molecular flexibility index (Phi) is 4.88. The number of likely N-dealkylation sites (tertiary alicyclic amines) is 1. The maximum Gasteiger partial charge on any atom is 0.256 e. The molecule has 1 atom stereocenters. The maximum atomic E-state index is 12.4. The topological polar surface area (TPSA) is 82.8 Å². The number of nitrogens with zero attached hydrogens (tertiary/aromatic N) is 4. The van der Waals surface area contributed by atoms with Gasteiger partial charge in [0.2, 0.25) is 0 Å². The van der Waals surface area contributed by atoms with Gasteiger partial charge in [0.25, 0.3) is 5.91 Å². The molecule has 3 heterocycles. The predicted octanol–water partition coefficient (Wildman–Crippen LogP) is 0.336. The summed E-state index contributed by atoms with van der Waals surface area (Å²) in [6.07, 6.45) is 7.89. The molecule has 7 nitrogen and oxygen atoms in total. The molecule has 2 aromatic rings. The molecular weight excluding hydrogens is 294 g/mol. The molecule has 0 aliphatic carbocycles. The lowest BCUT2D eigenvalue weighted by Gasteiger charge is -2.29. The van der Waals surface area contributed by atoms with Crippen LogP contribution in [-0.2, 0) is 6.42 Å². The zero-order valence-corrected chi connectivity index (χ0v) is 13.4. The second-order valence-corrected chi connectivity index (χ2v) is 6.24. The van der Waals surface area contributed by atoms with Crippen LogP contribution in [0, 0.1) is 5.92 Å². The van der Waals surface area contributed by atoms with Crippen molar-refractivity contribution < 1.29 is 9.90 Å². The van der Waals surface area contributed by atoms with Gasteiger partial charge in [-0.05, 0) is 44.3 Å². The number of piperidine rings is 1. The highest BCUT2D eigenvalue weighted by molar-refractivity contribution is 5.99. The van der Waals surface area contributed by atoms with Crippen LogP contribution in [-0.4, -0.2) is 63.8 Å². The summed E-state index contributed by atoms with van der Waals surface area (Å²) in [5, 5.41) is 16.2. The number of amides is 1. The summed E-state index contributed by atoms with van der Waals surface area (Å²) < 4.78 is 1.59. The number of fused-ring (bicyclic) bond motifs is 1. The van der Waals surface area contributed by atoms with Gasteiger partial charge in [0.1, 0.15) is 5.56 Å². The highest BCUT2D eigenvalue weighted by Crippen LogP contribution is 2.15. The van der Waals surface area contributed by atoms with E-state index in [4.69, 9.17) is 5.11 Å². The van der Waals surface area contributed by atoms with Crippen LogP contribution in [0.4, 0.5) is 0 Å². The van der Waals surface area contributed by atoms with Crippen LogP contribution in [0.25, 0.3) is 5.65 Å². The summed E-state index contributed by atoms with van der Waals surface area (Å²) in [5.74, 6) is 0.374. The summed E-state index contributed by atoms with van der Waals surface area (Å²) >= 11 is 0. The Labute approximate surface area is 135 Å². The van der Waals surface area contributed by atoms with Crippen molar-refractivity contribution >= 4 is 11.6 Å². The van der Waals surface area contributed by atoms with E-state index in [-0.39, 0.29) is 12.5 Å². The number of hydrogen-bond acceptors (Lipinski definition) is 5. The Morgan fingerprint density at radius 2 is 2.35 bits per heavy atom. The highest BCUT2D eigenvalue weighted by atomic mass is 16.3. The summed E-state index contributed by atoms with van der Waals surface area (Å²) in [6.45, 7) is 2.91. The van der Waals surface area contributed by atoms with E-state index in [0.29, 0.717) is 30.1 Å². The molecule has 1 fully saturated rings. The molecule has 1 aliphatic rings. The van der Waals surface area contributed by atoms with Gasteiger partial charge < -0.3 is 15.3 Å². The quantitative estimate of drug-likeness (QED) is 0.831. The van der Waals surface area contributed by atoms with Crippen molar-refractivity contribution in [2.45, 2.75) is 19.3 Å². The first-order valence-electron chi connectivity index (χ1n) is 8.07. The first-order chi connectivity index (χ1) is 11.2. The average molecular weight is 317 g/mol. The van der Waals surface area contributed by atoms with E-state index in [0.717, 1.165) is 25.1 Å². The molecule has 2 N–H and O–H groups in total. The molecule has 0 bridgehead atoms. The Bertz CT molecular complexity index is 684. The second kappa shape index (κ2) is 7.06. The van der Waals surface area contributed by atoms with Gasteiger partial charge in [-0.1, -0.05) is 0 Å². The monoisotopic (exact) mass is 317 g/mol. The molecule has 0 unspecified atom stereocenters. The number of carbonyl (C=O) groups is 1. The van der Waals surface area contributed by atoms with Crippen molar-refractivity contribution in [2.24, 2.45) is 5.92 Å². The standard InChI is InChI=1S/C16H23N5O2/c1-20-5-2-3-12(10-20)8-18-16(23)14-9-19-21-11-13(4-6-22)7-17-15(14)21/h7,9,11-12,22H,2-6,8,10H2,1H3,(H,18,23)/t12-/m0/s1. The fourth-order valence-corrected chi connectivity index (χ4v) is 3.10. The summed E-state index contributed by atoms with van der Waals surface area (Å²) in [6, 6.07) is 0. The normalized spacial score (nSPS) is 19.1. The first kappa shape index (κ1) is 15.9. The van der Waals surface area contributed by atoms with E-state index >= 15 is 0 Å². The molecule has 23 heavy (non-hydrogen) atoms. The maximum absolute atomic E-state index is 12.4. The van der Waals surface area contributed by atoms with Gasteiger partial charge in [0.15, 0.2) is 5.65 Å². The number of rotatable bonds is 5. The van der Waals surface area contributed by atoms with E-state index in [2.05, 4.69) is 27.3 Å². The average Bonchev–Trinajstić information content (AvgIpc) is 2.96. The van der Waals surface area contributed by atoms with Gasteiger partial charge in [0, 0.05) is 32.1 Å². The molecule has 0 aromatic carbocycles. The third-order valence-electron chi connectivity index (χ3n) is 4.33. The lowest BCUT2D eigenvalue weighted by molar-refractivity contribution is 0.0938. The van der Waals surface area contributed by atoms with Crippen molar-refractivity contribution in [3.05, 3.63) is 29.7 Å². The molecule has 1 amide bonds. The fourth-order valence-electron chi connectivity index (χ4n) is 3.10. The molecule has 7 heteroatoms. The zero-order valence-electron chi connectivity index (χ0n) is 13.4. The third kappa shape index (κ3) is 3.68. The largest absolute Gasteiger partial charge is 0.396 e. The van der Waals surface area contributed by atoms with Crippen molar-refractivity contribution in [3.63, 3.8) is 0 Å². The van der Waals surface area contributed by atoms with E-state index in [1.807, 2.05) is 0 Å². The number of carbonyl (C=O) groups excluding carboxylic acids is 1. The first-order valence-corrected chi connectivity index (χ1v) is 8.07. The van der Waals surface area contributed by atoms with Gasteiger partial charge in [-0.25, -0.2) is 9.50 Å². The molecule has 3 rings (SSSR count). The van der Waals surface area contributed by atoms with Crippen molar-refractivity contribution in [1.29, 1.82) is 0 Å². The Hall–Kier alpha value is -1.99. The van der Waals surface area contributed by atoms with Crippen molar-refractivity contribution in [1.82, 2.24) is 24.8 Å². The van der Waals surface area contributed by atoms with Gasteiger partial charge in [0.05, 0.1) is 6.20 Å². The molecule has 0 spiro atoms. The molecule has 0 saturated carbocycles. The van der Waals surface area contributed by atoms with Crippen LogP contribution < -0.4 is 5.32 Å². The van der Waals surface area contributed by atoms with Crippen LogP contribution in [0.2, 0.25) is 0 Å². The molecule has 1 aliphatic heterocycles. The minimum absolute atomic E-state index is 0.0671. The number of nitrogens with one attached hydrogen (secondary N) is 1. The molecular formula is C16H23N5O2. The Morgan fingerprint density at radius 3 is 3.13 bits per heavy atom. The summed E-state index contributed by atoms with van der Waals surface area (Å²) in [4.78, 5) is 19.0. The molecule has 124 valence electrons. The second-order valence-electron chi connectivity index (χ2n) is 6.24.